The fraction of sp³-hybridized carbons (Fsp3) is 0.273. The molecule has 96 valence electrons. The highest BCUT2D eigenvalue weighted by molar-refractivity contribution is 9.10. The Balaban J connectivity index is 2.13. The Morgan fingerprint density at radius 2 is 2.17 bits per heavy atom. The zero-order valence-corrected chi connectivity index (χ0v) is 11.5. The number of rotatable bonds is 4. The van der Waals surface area contributed by atoms with Crippen molar-refractivity contribution in [3.05, 3.63) is 34.4 Å². The molecule has 1 unspecified atom stereocenters. The number of nitrogens with one attached hydrogen (secondary N) is 2. The molecule has 7 heteroatoms. The summed E-state index contributed by atoms with van der Waals surface area (Å²) in [5, 5.41) is 13.5. The molecule has 0 fully saturated rings. The van der Waals surface area contributed by atoms with Crippen LogP contribution in [0.5, 0.6) is 0 Å². The zero-order chi connectivity index (χ0) is 13.1. The molecule has 1 aromatic heterocycles. The molecule has 0 radical (unpaired) electrons. The normalized spacial score (nSPS) is 12.4. The van der Waals surface area contributed by atoms with Crippen molar-refractivity contribution in [1.82, 2.24) is 15.5 Å². The van der Waals surface area contributed by atoms with Gasteiger partial charge in [-0.05, 0) is 48.1 Å². The van der Waals surface area contributed by atoms with Gasteiger partial charge in [-0.1, -0.05) is 5.10 Å². The van der Waals surface area contributed by atoms with Gasteiger partial charge in [-0.25, -0.2) is 4.39 Å². The van der Waals surface area contributed by atoms with Gasteiger partial charge in [0.05, 0.1) is 10.5 Å². The fourth-order valence-electron chi connectivity index (χ4n) is 1.28. The third kappa shape index (κ3) is 2.85. The minimum absolute atomic E-state index is 0.0327. The average Bonchev–Trinajstić information content (AvgIpc) is 2.81. The summed E-state index contributed by atoms with van der Waals surface area (Å²) in [6, 6.07) is 4.85. The van der Waals surface area contributed by atoms with Crippen LogP contribution in [0.1, 0.15) is 18.9 Å². The maximum atomic E-state index is 13.3. The predicted octanol–water partition coefficient (Wildman–Crippen LogP) is 3.00. The van der Waals surface area contributed by atoms with Crippen molar-refractivity contribution in [2.75, 3.05) is 12.4 Å². The molecule has 0 aliphatic rings. The SMILES string of the molecule is CNC(C)c1nnc(Nc2ccc(Br)c(F)c2)o1. The Morgan fingerprint density at radius 1 is 1.39 bits per heavy atom. The smallest absolute Gasteiger partial charge is 0.320 e. The van der Waals surface area contributed by atoms with E-state index in [1.54, 1.807) is 19.2 Å². The van der Waals surface area contributed by atoms with Crippen molar-refractivity contribution in [3.63, 3.8) is 0 Å². The van der Waals surface area contributed by atoms with Crippen LogP contribution in [0.15, 0.2) is 27.1 Å². The molecule has 0 aliphatic heterocycles. The van der Waals surface area contributed by atoms with Crippen LogP contribution in [0.4, 0.5) is 16.1 Å². The number of hydrogen-bond donors (Lipinski definition) is 2. The standard InChI is InChI=1S/C11H12BrFN4O/c1-6(14-2)10-16-17-11(18-10)15-7-3-4-8(12)9(13)5-7/h3-6,14H,1-2H3,(H,15,17). The average molecular weight is 315 g/mol. The van der Waals surface area contributed by atoms with Gasteiger partial charge in [0, 0.05) is 5.69 Å². The molecule has 1 atom stereocenters. The summed E-state index contributed by atoms with van der Waals surface area (Å²) in [4.78, 5) is 0. The van der Waals surface area contributed by atoms with Gasteiger partial charge in [0.2, 0.25) is 5.89 Å². The molecule has 0 saturated carbocycles. The molecule has 2 aromatic rings. The molecule has 0 aliphatic carbocycles. The number of aromatic nitrogens is 2. The van der Waals surface area contributed by atoms with Gasteiger partial charge in [0.15, 0.2) is 0 Å². The van der Waals surface area contributed by atoms with Crippen LogP contribution in [-0.2, 0) is 0 Å². The molecule has 2 rings (SSSR count). The summed E-state index contributed by atoms with van der Waals surface area (Å²) in [5.41, 5.74) is 0.544. The van der Waals surface area contributed by atoms with Gasteiger partial charge in [0.25, 0.3) is 0 Å². The summed E-state index contributed by atoms with van der Waals surface area (Å²) < 4.78 is 19.1. The molecule has 2 N–H and O–H groups in total. The van der Waals surface area contributed by atoms with E-state index in [4.69, 9.17) is 4.42 Å². The van der Waals surface area contributed by atoms with Crippen LogP contribution in [0.2, 0.25) is 0 Å². The second kappa shape index (κ2) is 5.45. The van der Waals surface area contributed by atoms with E-state index in [-0.39, 0.29) is 17.9 Å². The van der Waals surface area contributed by atoms with E-state index in [9.17, 15) is 4.39 Å². The van der Waals surface area contributed by atoms with Crippen LogP contribution in [0.3, 0.4) is 0 Å². The first-order valence-corrected chi connectivity index (χ1v) is 6.12. The van der Waals surface area contributed by atoms with Crippen LogP contribution in [0.25, 0.3) is 0 Å². The topological polar surface area (TPSA) is 63.0 Å². The second-order valence-electron chi connectivity index (χ2n) is 3.71. The predicted molar refractivity (Wildman–Crippen MR) is 69.2 cm³/mol. The van der Waals surface area contributed by atoms with Crippen molar-refractivity contribution in [2.45, 2.75) is 13.0 Å². The number of hydrogen-bond acceptors (Lipinski definition) is 5. The quantitative estimate of drug-likeness (QED) is 0.908. The summed E-state index contributed by atoms with van der Waals surface area (Å²) in [6.07, 6.45) is 0. The van der Waals surface area contributed by atoms with E-state index >= 15 is 0 Å². The molecular weight excluding hydrogens is 303 g/mol. The van der Waals surface area contributed by atoms with Crippen LogP contribution >= 0.6 is 15.9 Å². The molecule has 0 spiro atoms. The molecule has 1 heterocycles. The summed E-state index contributed by atoms with van der Waals surface area (Å²) in [6.45, 7) is 1.90. The maximum Gasteiger partial charge on any atom is 0.320 e. The Kier molecular flexibility index (Phi) is 3.93. The van der Waals surface area contributed by atoms with E-state index in [0.717, 1.165) is 0 Å². The number of benzene rings is 1. The Labute approximate surface area is 112 Å². The zero-order valence-electron chi connectivity index (χ0n) is 9.87. The van der Waals surface area contributed by atoms with Gasteiger partial charge in [0.1, 0.15) is 5.82 Å². The molecule has 18 heavy (non-hydrogen) atoms. The molecule has 1 aromatic carbocycles. The second-order valence-corrected chi connectivity index (χ2v) is 4.56. The van der Waals surface area contributed by atoms with Crippen molar-refractivity contribution in [2.24, 2.45) is 0 Å². The highest BCUT2D eigenvalue weighted by atomic mass is 79.9. The minimum atomic E-state index is -0.358. The molecule has 5 nitrogen and oxygen atoms in total. The lowest BCUT2D eigenvalue weighted by Gasteiger charge is -2.04. The lowest BCUT2D eigenvalue weighted by Crippen LogP contribution is -2.12. The molecule has 0 amide bonds. The largest absolute Gasteiger partial charge is 0.406 e. The number of anilines is 2. The first-order valence-electron chi connectivity index (χ1n) is 5.33. The highest BCUT2D eigenvalue weighted by Crippen LogP contribution is 2.22. The molecule has 0 bridgehead atoms. The molecule has 0 saturated heterocycles. The van der Waals surface area contributed by atoms with Crippen molar-refractivity contribution in [3.8, 4) is 0 Å². The monoisotopic (exact) mass is 314 g/mol. The lowest BCUT2D eigenvalue weighted by atomic mass is 10.3. The third-order valence-corrected chi connectivity index (χ3v) is 3.06. The number of halogens is 2. The summed E-state index contributed by atoms with van der Waals surface area (Å²) >= 11 is 3.08. The fourth-order valence-corrected chi connectivity index (χ4v) is 1.53. The van der Waals surface area contributed by atoms with Gasteiger partial charge < -0.3 is 15.1 Å². The van der Waals surface area contributed by atoms with Gasteiger partial charge in [-0.2, -0.15) is 0 Å². The van der Waals surface area contributed by atoms with Gasteiger partial charge in [-0.3, -0.25) is 0 Å². The lowest BCUT2D eigenvalue weighted by molar-refractivity contribution is 0.443. The van der Waals surface area contributed by atoms with E-state index in [1.165, 1.54) is 6.07 Å². The Bertz CT molecular complexity index is 546. The Hall–Kier alpha value is -1.47. The highest BCUT2D eigenvalue weighted by Gasteiger charge is 2.12. The van der Waals surface area contributed by atoms with E-state index < -0.39 is 0 Å². The van der Waals surface area contributed by atoms with Crippen molar-refractivity contribution < 1.29 is 8.81 Å². The number of nitrogens with zero attached hydrogens (tertiary/aromatic N) is 2. The summed E-state index contributed by atoms with van der Waals surface area (Å²) in [5.74, 6) is 0.112. The van der Waals surface area contributed by atoms with E-state index in [0.29, 0.717) is 16.1 Å². The van der Waals surface area contributed by atoms with Crippen LogP contribution in [-0.4, -0.2) is 17.2 Å². The maximum absolute atomic E-state index is 13.3. The van der Waals surface area contributed by atoms with Gasteiger partial charge in [-0.15, -0.1) is 5.10 Å². The minimum Gasteiger partial charge on any atom is -0.406 e. The first kappa shape index (κ1) is 13.0. The van der Waals surface area contributed by atoms with Crippen molar-refractivity contribution in [1.29, 1.82) is 0 Å². The van der Waals surface area contributed by atoms with Crippen LogP contribution < -0.4 is 10.6 Å². The van der Waals surface area contributed by atoms with Crippen molar-refractivity contribution >= 4 is 27.6 Å². The van der Waals surface area contributed by atoms with Gasteiger partial charge >= 0.3 is 6.01 Å². The Morgan fingerprint density at radius 3 is 2.83 bits per heavy atom. The summed E-state index contributed by atoms with van der Waals surface area (Å²) in [7, 11) is 1.80. The van der Waals surface area contributed by atoms with E-state index in [1.807, 2.05) is 6.92 Å². The van der Waals surface area contributed by atoms with E-state index in [2.05, 4.69) is 36.8 Å². The molecular formula is C11H12BrFN4O. The van der Waals surface area contributed by atoms with Crippen LogP contribution in [0, 0.1) is 5.82 Å². The third-order valence-electron chi connectivity index (χ3n) is 2.41. The first-order chi connectivity index (χ1) is 8.60.